The summed E-state index contributed by atoms with van der Waals surface area (Å²) in [5.74, 6) is 0.585. The van der Waals surface area contributed by atoms with Crippen molar-refractivity contribution in [1.29, 1.82) is 0 Å². The molecule has 21 heavy (non-hydrogen) atoms. The molecule has 1 aliphatic heterocycles. The fourth-order valence-electron chi connectivity index (χ4n) is 2.10. The van der Waals surface area contributed by atoms with Crippen molar-refractivity contribution < 1.29 is 9.53 Å². The number of ether oxygens (including phenoxy) is 1. The van der Waals surface area contributed by atoms with Crippen LogP contribution < -0.4 is 4.90 Å². The Morgan fingerprint density at radius 2 is 2.00 bits per heavy atom. The van der Waals surface area contributed by atoms with Gasteiger partial charge in [0.2, 0.25) is 0 Å². The van der Waals surface area contributed by atoms with Gasteiger partial charge in [-0.2, -0.15) is 0 Å². The third kappa shape index (κ3) is 4.37. The summed E-state index contributed by atoms with van der Waals surface area (Å²) in [7, 11) is 5.38. The Labute approximate surface area is 125 Å². The first-order valence-electron chi connectivity index (χ1n) is 7.13. The molecule has 0 saturated carbocycles. The fraction of sp³-hybridized carbons (Fsp3) is 0.643. The van der Waals surface area contributed by atoms with Crippen LogP contribution in [0, 0.1) is 0 Å². The van der Waals surface area contributed by atoms with Crippen molar-refractivity contribution in [3.8, 4) is 0 Å². The minimum Gasteiger partial charge on any atom is -0.379 e. The molecule has 0 radical (unpaired) electrons. The van der Waals surface area contributed by atoms with Crippen molar-refractivity contribution in [1.82, 2.24) is 19.8 Å². The molecule has 0 atom stereocenters. The smallest absolute Gasteiger partial charge is 0.273 e. The molecule has 0 bridgehead atoms. The molecular weight excluding hydrogens is 270 g/mol. The number of morpholine rings is 1. The Balaban J connectivity index is 1.93. The first kappa shape index (κ1) is 15.7. The van der Waals surface area contributed by atoms with Crippen molar-refractivity contribution in [2.45, 2.75) is 0 Å². The zero-order chi connectivity index (χ0) is 15.2. The van der Waals surface area contributed by atoms with Crippen LogP contribution in [0.1, 0.15) is 10.5 Å². The predicted octanol–water partition coefficient (Wildman–Crippen LogP) is -0.0532. The van der Waals surface area contributed by atoms with E-state index in [2.05, 4.69) is 14.9 Å². The summed E-state index contributed by atoms with van der Waals surface area (Å²) < 4.78 is 5.34. The molecule has 0 aliphatic carbocycles. The summed E-state index contributed by atoms with van der Waals surface area (Å²) in [4.78, 5) is 26.3. The first-order chi connectivity index (χ1) is 10.1. The van der Waals surface area contributed by atoms with Crippen LogP contribution >= 0.6 is 0 Å². The van der Waals surface area contributed by atoms with Crippen molar-refractivity contribution in [3.05, 3.63) is 18.1 Å². The second-order valence-corrected chi connectivity index (χ2v) is 5.34. The minimum absolute atomic E-state index is 0.133. The van der Waals surface area contributed by atoms with E-state index in [9.17, 15) is 4.79 Å². The molecule has 116 valence electrons. The Bertz CT molecular complexity index is 474. The number of aromatic nitrogens is 2. The van der Waals surface area contributed by atoms with E-state index in [1.54, 1.807) is 20.3 Å². The lowest BCUT2D eigenvalue weighted by atomic mass is 10.3. The van der Waals surface area contributed by atoms with Gasteiger partial charge in [0.25, 0.3) is 5.91 Å². The molecule has 0 unspecified atom stereocenters. The number of hydrogen-bond acceptors (Lipinski definition) is 6. The molecule has 0 aromatic carbocycles. The van der Waals surface area contributed by atoms with Crippen LogP contribution in [0.4, 0.5) is 5.82 Å². The van der Waals surface area contributed by atoms with E-state index < -0.39 is 0 Å². The summed E-state index contributed by atoms with van der Waals surface area (Å²) in [6, 6.07) is 0. The number of likely N-dealkylation sites (N-methyl/N-ethyl adjacent to an activating group) is 1. The average molecular weight is 293 g/mol. The van der Waals surface area contributed by atoms with E-state index in [4.69, 9.17) is 4.74 Å². The molecule has 1 aromatic rings. The molecule has 2 rings (SSSR count). The van der Waals surface area contributed by atoms with E-state index in [1.165, 1.54) is 11.1 Å². The summed E-state index contributed by atoms with van der Waals surface area (Å²) in [5, 5.41) is 0. The fourth-order valence-corrected chi connectivity index (χ4v) is 2.10. The molecular formula is C14H23N5O2. The molecule has 0 spiro atoms. The normalized spacial score (nSPS) is 15.8. The number of carbonyl (C=O) groups excluding carboxylic acids is 1. The molecule has 7 heteroatoms. The Morgan fingerprint density at radius 1 is 1.29 bits per heavy atom. The van der Waals surface area contributed by atoms with Crippen molar-refractivity contribution in [2.24, 2.45) is 0 Å². The molecule has 2 heterocycles. The molecule has 1 aliphatic rings. The third-order valence-electron chi connectivity index (χ3n) is 3.49. The Kier molecular flexibility index (Phi) is 5.46. The number of amides is 1. The van der Waals surface area contributed by atoms with Gasteiger partial charge in [-0.05, 0) is 0 Å². The van der Waals surface area contributed by atoms with Gasteiger partial charge in [-0.3, -0.25) is 14.7 Å². The minimum atomic E-state index is -0.133. The van der Waals surface area contributed by atoms with Crippen molar-refractivity contribution >= 4 is 11.7 Å². The van der Waals surface area contributed by atoms with Gasteiger partial charge >= 0.3 is 0 Å². The van der Waals surface area contributed by atoms with E-state index in [0.717, 1.165) is 45.2 Å². The zero-order valence-electron chi connectivity index (χ0n) is 12.9. The number of anilines is 1. The van der Waals surface area contributed by atoms with Gasteiger partial charge in [-0.15, -0.1) is 0 Å². The van der Waals surface area contributed by atoms with Gasteiger partial charge < -0.3 is 14.5 Å². The molecule has 1 aromatic heterocycles. The van der Waals surface area contributed by atoms with E-state index >= 15 is 0 Å². The van der Waals surface area contributed by atoms with Gasteiger partial charge in [-0.1, -0.05) is 0 Å². The van der Waals surface area contributed by atoms with Gasteiger partial charge in [-0.25, -0.2) is 4.98 Å². The lowest BCUT2D eigenvalue weighted by Crippen LogP contribution is -2.41. The second-order valence-electron chi connectivity index (χ2n) is 5.34. The van der Waals surface area contributed by atoms with Gasteiger partial charge in [0.05, 0.1) is 25.6 Å². The molecule has 7 nitrogen and oxygen atoms in total. The Morgan fingerprint density at radius 3 is 2.67 bits per heavy atom. The van der Waals surface area contributed by atoms with Gasteiger partial charge in [0.1, 0.15) is 11.5 Å². The van der Waals surface area contributed by atoms with E-state index in [0.29, 0.717) is 5.69 Å². The number of carbonyl (C=O) groups is 1. The quantitative estimate of drug-likeness (QED) is 0.758. The summed E-state index contributed by atoms with van der Waals surface area (Å²) in [6.07, 6.45) is 3.19. The predicted molar refractivity (Wildman–Crippen MR) is 80.6 cm³/mol. The van der Waals surface area contributed by atoms with Crippen LogP contribution in [0.5, 0.6) is 0 Å². The van der Waals surface area contributed by atoms with Crippen molar-refractivity contribution in [3.63, 3.8) is 0 Å². The lowest BCUT2D eigenvalue weighted by molar-refractivity contribution is 0.0392. The molecule has 0 N–H and O–H groups in total. The van der Waals surface area contributed by atoms with Crippen LogP contribution in [0.25, 0.3) is 0 Å². The van der Waals surface area contributed by atoms with Gasteiger partial charge in [0, 0.05) is 47.3 Å². The van der Waals surface area contributed by atoms with Crippen LogP contribution in [-0.2, 0) is 4.74 Å². The highest BCUT2D eigenvalue weighted by Crippen LogP contribution is 2.09. The topological polar surface area (TPSA) is 61.8 Å². The average Bonchev–Trinajstić information content (AvgIpc) is 2.53. The highest BCUT2D eigenvalue weighted by molar-refractivity contribution is 5.91. The lowest BCUT2D eigenvalue weighted by Gasteiger charge is -2.28. The maximum absolute atomic E-state index is 11.9. The van der Waals surface area contributed by atoms with E-state index in [-0.39, 0.29) is 5.91 Å². The van der Waals surface area contributed by atoms with Crippen molar-refractivity contribution in [2.75, 3.05) is 65.4 Å². The third-order valence-corrected chi connectivity index (χ3v) is 3.49. The number of rotatable bonds is 5. The van der Waals surface area contributed by atoms with Gasteiger partial charge in [0.15, 0.2) is 0 Å². The first-order valence-corrected chi connectivity index (χ1v) is 7.13. The largest absolute Gasteiger partial charge is 0.379 e. The second kappa shape index (κ2) is 7.33. The SMILES string of the molecule is CN(C)C(=O)c1cncc(N(C)CCN2CCOCC2)n1. The highest BCUT2D eigenvalue weighted by atomic mass is 16.5. The number of hydrogen-bond donors (Lipinski definition) is 0. The van der Waals surface area contributed by atoms with Crippen LogP contribution in [0.2, 0.25) is 0 Å². The summed E-state index contributed by atoms with van der Waals surface area (Å²) >= 11 is 0. The monoisotopic (exact) mass is 293 g/mol. The molecule has 1 fully saturated rings. The summed E-state index contributed by atoms with van der Waals surface area (Å²) in [6.45, 7) is 5.34. The van der Waals surface area contributed by atoms with Crippen LogP contribution in [-0.4, -0.2) is 86.2 Å². The molecule has 1 amide bonds. The molecule has 1 saturated heterocycles. The van der Waals surface area contributed by atoms with E-state index in [1.807, 2.05) is 11.9 Å². The van der Waals surface area contributed by atoms with Crippen LogP contribution in [0.3, 0.4) is 0 Å². The van der Waals surface area contributed by atoms with Crippen LogP contribution in [0.15, 0.2) is 12.4 Å². The zero-order valence-corrected chi connectivity index (χ0v) is 12.9. The maximum atomic E-state index is 11.9. The number of nitrogens with zero attached hydrogens (tertiary/aromatic N) is 5. The maximum Gasteiger partial charge on any atom is 0.273 e. The standard InChI is InChI=1S/C14H23N5O2/c1-17(2)14(20)12-10-15-11-13(16-12)18(3)4-5-19-6-8-21-9-7-19/h10-11H,4-9H2,1-3H3. The highest BCUT2D eigenvalue weighted by Gasteiger charge is 2.14. The Hall–Kier alpha value is -1.73. The summed E-state index contributed by atoms with van der Waals surface area (Å²) in [5.41, 5.74) is 0.371.